The summed E-state index contributed by atoms with van der Waals surface area (Å²) in [7, 11) is -4.17. The van der Waals surface area contributed by atoms with E-state index in [1.165, 1.54) is 12.1 Å². The van der Waals surface area contributed by atoms with Crippen molar-refractivity contribution in [3.05, 3.63) is 40.6 Å². The predicted octanol–water partition coefficient (Wildman–Crippen LogP) is 1.37. The summed E-state index contributed by atoms with van der Waals surface area (Å²) in [5, 5.41) is 22.9. The molecule has 0 aliphatic carbocycles. The van der Waals surface area contributed by atoms with Crippen molar-refractivity contribution >= 4 is 25.3 Å². The SMILES string of the molecule is C#CC1=CN([C@@H]2O[C@](F)(COP3(=O)OCc4cc(Cl)ccc4O3)C[C@H]2O)C(O)NC1=O. The number of nitrogens with one attached hydrogen (secondary N) is 1. The number of phosphoric acid groups is 1. The van der Waals surface area contributed by atoms with Crippen LogP contribution >= 0.6 is 19.4 Å². The maximum absolute atomic E-state index is 15.2. The molecule has 1 aromatic carbocycles. The molecule has 5 atom stereocenters. The topological polar surface area (TPSA) is 127 Å². The average Bonchev–Trinajstić information content (AvgIpc) is 3.02. The highest BCUT2D eigenvalue weighted by Crippen LogP contribution is 2.55. The summed E-state index contributed by atoms with van der Waals surface area (Å²) in [6, 6.07) is 4.57. The van der Waals surface area contributed by atoms with Crippen molar-refractivity contribution in [3.63, 3.8) is 0 Å². The van der Waals surface area contributed by atoms with Crippen LogP contribution in [0.4, 0.5) is 4.39 Å². The number of rotatable bonds is 4. The van der Waals surface area contributed by atoms with Gasteiger partial charge in [0.2, 0.25) is 12.2 Å². The first-order valence-electron chi connectivity index (χ1n) is 8.98. The number of hydrogen-bond donors (Lipinski definition) is 3. The first-order valence-corrected chi connectivity index (χ1v) is 10.8. The number of carbonyl (C=O) groups is 1. The van der Waals surface area contributed by atoms with Crippen LogP contribution < -0.4 is 9.84 Å². The molecule has 0 aromatic heterocycles. The molecule has 1 aromatic rings. The van der Waals surface area contributed by atoms with Crippen LogP contribution in [-0.4, -0.2) is 52.2 Å². The van der Waals surface area contributed by atoms with Gasteiger partial charge in [0.25, 0.3) is 5.91 Å². The van der Waals surface area contributed by atoms with E-state index in [1.54, 1.807) is 6.07 Å². The quantitative estimate of drug-likeness (QED) is 0.438. The highest BCUT2D eigenvalue weighted by Gasteiger charge is 2.52. The second-order valence-corrected chi connectivity index (χ2v) is 9.01. The molecule has 0 radical (unpaired) electrons. The highest BCUT2D eigenvalue weighted by atomic mass is 35.5. The van der Waals surface area contributed by atoms with Crippen molar-refractivity contribution in [2.45, 2.75) is 37.6 Å². The normalized spacial score (nSPS) is 34.9. The van der Waals surface area contributed by atoms with Crippen molar-refractivity contribution in [1.29, 1.82) is 0 Å². The molecule has 3 N–H and O–H groups in total. The summed E-state index contributed by atoms with van der Waals surface area (Å²) in [5.74, 6) is -0.977. The number of aliphatic hydroxyl groups excluding tert-OH is 2. The van der Waals surface area contributed by atoms with Gasteiger partial charge in [-0.3, -0.25) is 13.8 Å². The van der Waals surface area contributed by atoms with Gasteiger partial charge >= 0.3 is 7.82 Å². The molecule has 0 spiro atoms. The summed E-state index contributed by atoms with van der Waals surface area (Å²) in [6.45, 7) is -1.03. The van der Waals surface area contributed by atoms with Crippen molar-refractivity contribution in [2.75, 3.05) is 6.61 Å². The second kappa shape index (κ2) is 8.07. The van der Waals surface area contributed by atoms with Gasteiger partial charge in [0.1, 0.15) is 24.0 Å². The van der Waals surface area contributed by atoms with E-state index in [-0.39, 0.29) is 17.9 Å². The fourth-order valence-electron chi connectivity index (χ4n) is 3.26. The lowest BCUT2D eigenvalue weighted by atomic mass is 10.1. The number of aliphatic hydroxyl groups is 2. The Morgan fingerprint density at radius 3 is 3.00 bits per heavy atom. The van der Waals surface area contributed by atoms with Gasteiger partial charge in [0, 0.05) is 23.2 Å². The van der Waals surface area contributed by atoms with Crippen LogP contribution in [0.2, 0.25) is 5.02 Å². The molecular formula is C18H17ClFN2O8P. The third-order valence-electron chi connectivity index (χ3n) is 4.74. The zero-order valence-electron chi connectivity index (χ0n) is 15.7. The maximum atomic E-state index is 15.2. The summed E-state index contributed by atoms with van der Waals surface area (Å²) >= 11 is 5.88. The molecule has 31 heavy (non-hydrogen) atoms. The Morgan fingerprint density at radius 2 is 2.26 bits per heavy atom. The molecule has 4 rings (SSSR count). The Hall–Kier alpha value is -2.16. The van der Waals surface area contributed by atoms with E-state index < -0.39 is 51.3 Å². The number of alkyl halides is 1. The minimum absolute atomic E-state index is 0.127. The molecule has 0 bridgehead atoms. The lowest BCUT2D eigenvalue weighted by Crippen LogP contribution is -2.56. The molecule has 166 valence electrons. The van der Waals surface area contributed by atoms with E-state index in [0.29, 0.717) is 10.6 Å². The number of ether oxygens (including phenoxy) is 1. The third-order valence-corrected chi connectivity index (χ3v) is 6.28. The van der Waals surface area contributed by atoms with Crippen molar-refractivity contribution < 1.29 is 42.3 Å². The van der Waals surface area contributed by atoms with Crippen molar-refractivity contribution in [2.24, 2.45) is 0 Å². The summed E-state index contributed by atoms with van der Waals surface area (Å²) in [4.78, 5) is 12.6. The second-order valence-electron chi connectivity index (χ2n) is 6.98. The summed E-state index contributed by atoms with van der Waals surface area (Å²) in [6.07, 6.45) is 1.25. The van der Waals surface area contributed by atoms with Gasteiger partial charge in [0.05, 0.1) is 6.61 Å². The van der Waals surface area contributed by atoms with Crippen LogP contribution in [0.1, 0.15) is 12.0 Å². The van der Waals surface area contributed by atoms with Crippen LogP contribution in [0.15, 0.2) is 30.0 Å². The van der Waals surface area contributed by atoms with Crippen molar-refractivity contribution in [1.82, 2.24) is 10.2 Å². The van der Waals surface area contributed by atoms with Gasteiger partial charge < -0.3 is 29.7 Å². The van der Waals surface area contributed by atoms with E-state index in [0.717, 1.165) is 11.1 Å². The number of carbonyl (C=O) groups excluding carboxylic acids is 1. The number of terminal acetylenes is 1. The number of benzene rings is 1. The van der Waals surface area contributed by atoms with Gasteiger partial charge in [0.15, 0.2) is 6.23 Å². The molecule has 0 saturated carbocycles. The van der Waals surface area contributed by atoms with Crippen LogP contribution in [0.5, 0.6) is 5.75 Å². The van der Waals surface area contributed by atoms with Gasteiger partial charge in [-0.25, -0.2) is 8.96 Å². The van der Waals surface area contributed by atoms with E-state index in [9.17, 15) is 19.6 Å². The highest BCUT2D eigenvalue weighted by molar-refractivity contribution is 7.49. The lowest BCUT2D eigenvalue weighted by Gasteiger charge is -2.36. The number of halogens is 2. The van der Waals surface area contributed by atoms with Crippen LogP contribution in [0.25, 0.3) is 0 Å². The number of fused-ring (bicyclic) bond motifs is 1. The molecule has 2 unspecified atom stereocenters. The van der Waals surface area contributed by atoms with E-state index in [4.69, 9.17) is 36.3 Å². The van der Waals surface area contributed by atoms with Crippen molar-refractivity contribution in [3.8, 4) is 18.1 Å². The monoisotopic (exact) mass is 474 g/mol. The maximum Gasteiger partial charge on any atom is 0.530 e. The molecule has 3 heterocycles. The van der Waals surface area contributed by atoms with Gasteiger partial charge in [-0.05, 0) is 18.2 Å². The minimum atomic E-state index is -4.17. The Kier molecular flexibility index (Phi) is 5.74. The molecule has 3 aliphatic rings. The average molecular weight is 475 g/mol. The van der Waals surface area contributed by atoms with Gasteiger partial charge in [-0.15, -0.1) is 6.42 Å². The smallest absolute Gasteiger partial charge is 0.404 e. The number of hydrogen-bond acceptors (Lipinski definition) is 9. The van der Waals surface area contributed by atoms with Crippen LogP contribution in [-0.2, 0) is 29.8 Å². The summed E-state index contributed by atoms with van der Waals surface area (Å²) in [5.41, 5.74) is 0.392. The number of nitrogens with zero attached hydrogens (tertiary/aromatic N) is 1. The predicted molar refractivity (Wildman–Crippen MR) is 103 cm³/mol. The van der Waals surface area contributed by atoms with E-state index in [1.807, 2.05) is 0 Å². The number of amides is 1. The molecule has 13 heteroatoms. The molecule has 1 saturated heterocycles. The minimum Gasteiger partial charge on any atom is -0.404 e. The Labute approximate surface area is 181 Å². The molecule has 3 aliphatic heterocycles. The Bertz CT molecular complexity index is 1030. The van der Waals surface area contributed by atoms with Gasteiger partial charge in [-0.2, -0.15) is 0 Å². The van der Waals surface area contributed by atoms with E-state index in [2.05, 4.69) is 11.2 Å². The molecule has 1 amide bonds. The Balaban J connectivity index is 1.44. The van der Waals surface area contributed by atoms with Crippen LogP contribution in [0.3, 0.4) is 0 Å². The first-order chi connectivity index (χ1) is 14.6. The standard InChI is InChI=1S/C18H17ClFN2O8P/c1-2-10-7-22(17(25)21-15(10)24)16-13(23)6-18(20,29-16)9-28-31(26)27-8-11-5-12(19)3-4-14(11)30-31/h1,3-5,7,13,16-17,23,25H,6,8-9H2,(H,21,24)/t13-,16-,17?,18+,31?/m1/s1. The molecule has 10 nitrogen and oxygen atoms in total. The third kappa shape index (κ3) is 4.42. The first kappa shape index (κ1) is 22.0. The Morgan fingerprint density at radius 1 is 1.48 bits per heavy atom. The van der Waals surface area contributed by atoms with E-state index >= 15 is 4.39 Å². The summed E-state index contributed by atoms with van der Waals surface area (Å²) < 4.78 is 48.6. The molecule has 1 fully saturated rings. The fourth-order valence-corrected chi connectivity index (χ4v) is 4.70. The largest absolute Gasteiger partial charge is 0.530 e. The van der Waals surface area contributed by atoms with Crippen LogP contribution in [0, 0.1) is 12.3 Å². The zero-order chi connectivity index (χ0) is 22.4. The molecular weight excluding hydrogens is 458 g/mol. The lowest BCUT2D eigenvalue weighted by molar-refractivity contribution is -0.211. The number of phosphoric ester groups is 1. The van der Waals surface area contributed by atoms with Gasteiger partial charge in [-0.1, -0.05) is 17.5 Å². The fraction of sp³-hybridized carbons (Fsp3) is 0.389. The zero-order valence-corrected chi connectivity index (χ0v) is 17.4.